The minimum atomic E-state index is 0.281. The van der Waals surface area contributed by atoms with E-state index in [9.17, 15) is 5.11 Å². The maximum Gasteiger partial charge on any atom is 0.141 e. The topological polar surface area (TPSA) is 32.6 Å². The van der Waals surface area contributed by atoms with Crippen molar-refractivity contribution in [2.45, 2.75) is 19.1 Å². The number of phenols is 1. The molecule has 0 saturated heterocycles. The average Bonchev–Trinajstić information content (AvgIpc) is 2.68. The number of hydrogen-bond donors (Lipinski definition) is 1. The number of phenolic OH excluding ortho intramolecular Hbond substituents is 1. The van der Waals surface area contributed by atoms with Crippen molar-refractivity contribution in [3.05, 3.63) is 29.3 Å². The van der Waals surface area contributed by atoms with Crippen LogP contribution in [0.25, 0.3) is 5.57 Å². The Labute approximate surface area is 92.7 Å². The molecule has 1 unspecified atom stereocenters. The number of fused-ring (bicyclic) bond motifs is 3. The molecule has 1 N–H and O–H groups in total. The van der Waals surface area contributed by atoms with Crippen LogP contribution in [-0.2, 0) is 0 Å². The van der Waals surface area contributed by atoms with Crippen LogP contribution in [0.1, 0.15) is 19.4 Å². The van der Waals surface area contributed by atoms with E-state index in [2.05, 4.69) is 18.8 Å². The molecule has 2 aliphatic heterocycles. The van der Waals surface area contributed by atoms with Crippen molar-refractivity contribution < 1.29 is 5.11 Å². The van der Waals surface area contributed by atoms with Crippen molar-refractivity contribution in [2.75, 3.05) is 0 Å². The number of benzene rings is 1. The van der Waals surface area contributed by atoms with Crippen LogP contribution in [0.5, 0.6) is 5.75 Å². The zero-order valence-corrected chi connectivity index (χ0v) is 9.43. The molecule has 15 heavy (non-hydrogen) atoms. The standard InChI is InChI=1S/C12H11NOS/c1-6-7(2)15-12-10(6)8-4-3-5-9(14)11(8)13-12/h3-5,7,14H,1-2H3. The van der Waals surface area contributed by atoms with Gasteiger partial charge >= 0.3 is 0 Å². The highest BCUT2D eigenvalue weighted by molar-refractivity contribution is 8.16. The summed E-state index contributed by atoms with van der Waals surface area (Å²) < 4.78 is 0. The Morgan fingerprint density at radius 3 is 3.00 bits per heavy atom. The van der Waals surface area contributed by atoms with Crippen LogP contribution >= 0.6 is 11.8 Å². The fourth-order valence-electron chi connectivity index (χ4n) is 2.05. The lowest BCUT2D eigenvalue weighted by atomic mass is 10.0. The van der Waals surface area contributed by atoms with Crippen molar-refractivity contribution in [1.29, 1.82) is 0 Å². The Bertz CT molecular complexity index is 516. The molecule has 2 heterocycles. The summed E-state index contributed by atoms with van der Waals surface area (Å²) in [6.07, 6.45) is 0. The highest BCUT2D eigenvalue weighted by Gasteiger charge is 2.33. The van der Waals surface area contributed by atoms with Gasteiger partial charge < -0.3 is 5.11 Å². The van der Waals surface area contributed by atoms with Gasteiger partial charge in [-0.25, -0.2) is 4.99 Å². The third-order valence-electron chi connectivity index (χ3n) is 3.00. The molecule has 2 nitrogen and oxygen atoms in total. The normalized spacial score (nSPS) is 22.8. The summed E-state index contributed by atoms with van der Waals surface area (Å²) in [4.78, 5) is 4.49. The Kier molecular flexibility index (Phi) is 1.74. The van der Waals surface area contributed by atoms with Gasteiger partial charge in [-0.15, -0.1) is 0 Å². The summed E-state index contributed by atoms with van der Waals surface area (Å²) in [6.45, 7) is 4.34. The second-order valence-corrected chi connectivity index (χ2v) is 5.24. The van der Waals surface area contributed by atoms with E-state index in [1.54, 1.807) is 17.8 Å². The van der Waals surface area contributed by atoms with Crippen molar-refractivity contribution in [2.24, 2.45) is 4.99 Å². The summed E-state index contributed by atoms with van der Waals surface area (Å²) in [6, 6.07) is 5.59. The van der Waals surface area contributed by atoms with E-state index in [0.29, 0.717) is 5.25 Å². The second-order valence-electron chi connectivity index (χ2n) is 3.91. The number of aliphatic imine (C=N–C) groups is 1. The van der Waals surface area contributed by atoms with E-state index >= 15 is 0 Å². The monoisotopic (exact) mass is 217 g/mol. The maximum atomic E-state index is 9.70. The summed E-state index contributed by atoms with van der Waals surface area (Å²) in [7, 11) is 0. The molecule has 76 valence electrons. The zero-order valence-electron chi connectivity index (χ0n) is 8.61. The molecular weight excluding hydrogens is 206 g/mol. The molecule has 1 aromatic rings. The molecule has 0 saturated carbocycles. The fraction of sp³-hybridized carbons (Fsp3) is 0.250. The van der Waals surface area contributed by atoms with Gasteiger partial charge in [0.25, 0.3) is 0 Å². The quantitative estimate of drug-likeness (QED) is 0.722. The van der Waals surface area contributed by atoms with Crippen LogP contribution in [0.2, 0.25) is 0 Å². The lowest BCUT2D eigenvalue weighted by Gasteiger charge is -2.04. The molecule has 0 fully saturated rings. The molecule has 1 aromatic carbocycles. The van der Waals surface area contributed by atoms with E-state index < -0.39 is 0 Å². The number of thioether (sulfide) groups is 1. The van der Waals surface area contributed by atoms with E-state index in [4.69, 9.17) is 0 Å². The summed E-state index contributed by atoms with van der Waals surface area (Å²) in [5, 5.41) is 11.3. The van der Waals surface area contributed by atoms with Crippen molar-refractivity contribution in [3.8, 4) is 5.75 Å². The second kappa shape index (κ2) is 2.89. The van der Waals surface area contributed by atoms with Crippen LogP contribution in [0.15, 0.2) is 28.8 Å². The summed E-state index contributed by atoms with van der Waals surface area (Å²) in [5.74, 6) is 0.281. The SMILES string of the molecule is CC1=C2C(=Nc3c(O)cccc32)SC1C. The molecule has 3 rings (SSSR count). The van der Waals surface area contributed by atoms with Gasteiger partial charge in [0.1, 0.15) is 16.5 Å². The summed E-state index contributed by atoms with van der Waals surface area (Å²) >= 11 is 1.77. The average molecular weight is 217 g/mol. The zero-order chi connectivity index (χ0) is 10.6. The van der Waals surface area contributed by atoms with Gasteiger partial charge in [-0.2, -0.15) is 0 Å². The van der Waals surface area contributed by atoms with Crippen LogP contribution in [0.3, 0.4) is 0 Å². The van der Waals surface area contributed by atoms with Crippen LogP contribution in [-0.4, -0.2) is 15.4 Å². The maximum absolute atomic E-state index is 9.70. The van der Waals surface area contributed by atoms with Gasteiger partial charge in [-0.3, -0.25) is 0 Å². The minimum Gasteiger partial charge on any atom is -0.506 e. The Morgan fingerprint density at radius 2 is 2.20 bits per heavy atom. The third kappa shape index (κ3) is 1.10. The minimum absolute atomic E-state index is 0.281. The number of aromatic hydroxyl groups is 1. The van der Waals surface area contributed by atoms with Crippen LogP contribution in [0.4, 0.5) is 5.69 Å². The number of para-hydroxylation sites is 1. The highest BCUT2D eigenvalue weighted by Crippen LogP contribution is 2.50. The van der Waals surface area contributed by atoms with Gasteiger partial charge in [-0.1, -0.05) is 23.9 Å². The van der Waals surface area contributed by atoms with E-state index in [0.717, 1.165) is 16.3 Å². The molecule has 3 heteroatoms. The molecule has 0 amide bonds. The molecule has 0 aliphatic carbocycles. The molecule has 0 radical (unpaired) electrons. The van der Waals surface area contributed by atoms with Crippen LogP contribution in [0, 0.1) is 0 Å². The first kappa shape index (κ1) is 9.04. The molecular formula is C12H11NOS. The Hall–Kier alpha value is -1.22. The van der Waals surface area contributed by atoms with Crippen molar-refractivity contribution in [1.82, 2.24) is 0 Å². The van der Waals surface area contributed by atoms with Gasteiger partial charge in [0, 0.05) is 16.4 Å². The van der Waals surface area contributed by atoms with Gasteiger partial charge in [0.15, 0.2) is 0 Å². The van der Waals surface area contributed by atoms with Crippen LogP contribution < -0.4 is 0 Å². The van der Waals surface area contributed by atoms with Crippen molar-refractivity contribution >= 4 is 28.1 Å². The molecule has 0 aromatic heterocycles. The van der Waals surface area contributed by atoms with Gasteiger partial charge in [0.05, 0.1) is 0 Å². The molecule has 2 aliphatic rings. The van der Waals surface area contributed by atoms with Gasteiger partial charge in [0.2, 0.25) is 0 Å². The highest BCUT2D eigenvalue weighted by atomic mass is 32.2. The fourth-order valence-corrected chi connectivity index (χ4v) is 3.21. The Morgan fingerprint density at radius 1 is 1.40 bits per heavy atom. The van der Waals surface area contributed by atoms with E-state index in [-0.39, 0.29) is 5.75 Å². The lowest BCUT2D eigenvalue weighted by molar-refractivity contribution is 0.477. The first-order valence-corrected chi connectivity index (χ1v) is 5.85. The smallest absolute Gasteiger partial charge is 0.141 e. The number of nitrogens with zero attached hydrogens (tertiary/aromatic N) is 1. The van der Waals surface area contributed by atoms with Gasteiger partial charge in [-0.05, 0) is 25.5 Å². The predicted octanol–water partition coefficient (Wildman–Crippen LogP) is 3.34. The molecule has 0 spiro atoms. The first-order chi connectivity index (χ1) is 7.18. The van der Waals surface area contributed by atoms with E-state index in [1.807, 2.05) is 12.1 Å². The first-order valence-electron chi connectivity index (χ1n) is 4.97. The number of hydrogen-bond acceptors (Lipinski definition) is 3. The molecule has 0 bridgehead atoms. The van der Waals surface area contributed by atoms with Crippen molar-refractivity contribution in [3.63, 3.8) is 0 Å². The largest absolute Gasteiger partial charge is 0.506 e. The third-order valence-corrected chi connectivity index (χ3v) is 4.23. The molecule has 1 atom stereocenters. The summed E-state index contributed by atoms with van der Waals surface area (Å²) in [5.41, 5.74) is 4.42. The predicted molar refractivity (Wildman–Crippen MR) is 64.8 cm³/mol. The number of rotatable bonds is 0. The Balaban J connectivity index is 2.30. The van der Waals surface area contributed by atoms with E-state index in [1.165, 1.54) is 11.1 Å². The lowest BCUT2D eigenvalue weighted by Crippen LogP contribution is -1.91.